The molecule has 6 rings (SSSR count). The Labute approximate surface area is 257 Å². The van der Waals surface area contributed by atoms with E-state index in [1.54, 1.807) is 33.0 Å². The molecule has 1 atom stereocenters. The van der Waals surface area contributed by atoms with E-state index < -0.39 is 44.9 Å². The van der Waals surface area contributed by atoms with Gasteiger partial charge < -0.3 is 9.84 Å². The van der Waals surface area contributed by atoms with Crippen LogP contribution >= 0.6 is 0 Å². The Balaban J connectivity index is 1.46. The first-order valence-electron chi connectivity index (χ1n) is 14.2. The number of nitrogens with zero attached hydrogens (tertiary/aromatic N) is 6. The molecule has 4 aromatic heterocycles. The van der Waals surface area contributed by atoms with Crippen molar-refractivity contribution in [3.8, 4) is 5.88 Å². The van der Waals surface area contributed by atoms with Crippen LogP contribution in [0.5, 0.6) is 5.88 Å². The lowest BCUT2D eigenvalue weighted by atomic mass is 9.70. The Morgan fingerprint density at radius 2 is 1.82 bits per heavy atom. The molecule has 2 aliphatic rings. The Morgan fingerprint density at radius 1 is 1.11 bits per heavy atom. The number of aryl methyl sites for hydroxylation is 3. The van der Waals surface area contributed by atoms with E-state index in [9.17, 15) is 31.5 Å². The highest BCUT2D eigenvalue weighted by atomic mass is 32.2. The highest BCUT2D eigenvalue weighted by Crippen LogP contribution is 2.47. The molecule has 1 spiro atoms. The number of sulfonamides is 1. The molecule has 0 bridgehead atoms. The summed E-state index contributed by atoms with van der Waals surface area (Å²) in [6.45, 7) is 8.13. The number of halogens is 3. The number of pyridine rings is 3. The van der Waals surface area contributed by atoms with E-state index in [2.05, 4.69) is 20.2 Å². The van der Waals surface area contributed by atoms with E-state index in [1.807, 2.05) is 0 Å². The maximum absolute atomic E-state index is 14.0. The Bertz CT molecular complexity index is 1970. The molecule has 1 saturated carbocycles. The van der Waals surface area contributed by atoms with E-state index in [1.165, 1.54) is 42.7 Å². The molecule has 1 N–H and O–H groups in total. The van der Waals surface area contributed by atoms with Crippen LogP contribution in [-0.2, 0) is 27.5 Å². The van der Waals surface area contributed by atoms with Gasteiger partial charge in [-0.15, -0.1) is 10.2 Å². The SMILES string of the molecule is Cc1cnc2c(c1)S(=O)(=O)N(Cc1cc(C(c3ccn4c(C(F)(F)F)nnc4c3C)C(C)(C)C(=O)O)cnc1C)CC1(CC1)O2. The average Bonchev–Trinajstić information content (AvgIpc) is 3.56. The van der Waals surface area contributed by atoms with E-state index in [0.717, 1.165) is 4.40 Å². The van der Waals surface area contributed by atoms with Crippen molar-refractivity contribution in [1.82, 2.24) is 28.9 Å². The van der Waals surface area contributed by atoms with Gasteiger partial charge in [0, 0.05) is 36.7 Å². The zero-order chi connectivity index (χ0) is 32.7. The molecule has 1 aliphatic carbocycles. The molecule has 1 fully saturated rings. The van der Waals surface area contributed by atoms with Gasteiger partial charge in [0.15, 0.2) is 5.65 Å². The van der Waals surface area contributed by atoms with Crippen LogP contribution < -0.4 is 4.74 Å². The minimum Gasteiger partial charge on any atom is -0.481 e. The van der Waals surface area contributed by atoms with Crippen LogP contribution in [0.3, 0.4) is 0 Å². The number of carbonyl (C=O) groups is 1. The number of hydrogen-bond acceptors (Lipinski definition) is 8. The van der Waals surface area contributed by atoms with Crippen molar-refractivity contribution in [2.24, 2.45) is 5.41 Å². The van der Waals surface area contributed by atoms with Gasteiger partial charge in [0.2, 0.25) is 21.7 Å². The third-order valence-electron chi connectivity index (χ3n) is 8.76. The summed E-state index contributed by atoms with van der Waals surface area (Å²) in [6.07, 6.45) is 0.857. The molecular weight excluding hydrogens is 613 g/mol. The molecule has 1 aliphatic heterocycles. The zero-order valence-corrected chi connectivity index (χ0v) is 26.0. The summed E-state index contributed by atoms with van der Waals surface area (Å²) >= 11 is 0. The summed E-state index contributed by atoms with van der Waals surface area (Å²) in [5.41, 5.74) is 0.738. The fraction of sp³-hybridized carbons (Fsp3) is 0.433. The second kappa shape index (κ2) is 10.2. The number of alkyl halides is 3. The van der Waals surface area contributed by atoms with Gasteiger partial charge in [0.1, 0.15) is 10.5 Å². The van der Waals surface area contributed by atoms with E-state index in [0.29, 0.717) is 46.4 Å². The molecule has 4 aromatic rings. The van der Waals surface area contributed by atoms with E-state index in [4.69, 9.17) is 4.74 Å². The second-order valence-corrected chi connectivity index (χ2v) is 14.4. The second-order valence-electron chi connectivity index (χ2n) is 12.5. The van der Waals surface area contributed by atoms with Crippen LogP contribution in [-0.4, -0.2) is 60.5 Å². The normalized spacial score (nSPS) is 18.3. The zero-order valence-electron chi connectivity index (χ0n) is 25.2. The number of aliphatic carboxylic acids is 1. The summed E-state index contributed by atoms with van der Waals surface area (Å²) in [5, 5.41) is 17.4. The molecule has 11 nitrogen and oxygen atoms in total. The topological polar surface area (TPSA) is 140 Å². The third kappa shape index (κ3) is 5.21. The molecule has 0 aromatic carbocycles. The van der Waals surface area contributed by atoms with Crippen LogP contribution in [0.25, 0.3) is 5.65 Å². The molecule has 0 saturated heterocycles. The monoisotopic (exact) mass is 644 g/mol. The van der Waals surface area contributed by atoms with Gasteiger partial charge in [-0.2, -0.15) is 17.5 Å². The lowest BCUT2D eigenvalue weighted by Gasteiger charge is -2.33. The first-order valence-corrected chi connectivity index (χ1v) is 15.6. The van der Waals surface area contributed by atoms with Gasteiger partial charge in [0.25, 0.3) is 0 Å². The van der Waals surface area contributed by atoms with Crippen molar-refractivity contribution in [2.45, 2.75) is 76.6 Å². The van der Waals surface area contributed by atoms with Crippen molar-refractivity contribution >= 4 is 21.6 Å². The fourth-order valence-electron chi connectivity index (χ4n) is 5.93. The molecular formula is C30H31F3N6O5S. The van der Waals surface area contributed by atoms with Gasteiger partial charge in [-0.25, -0.2) is 13.4 Å². The summed E-state index contributed by atoms with van der Waals surface area (Å²) in [4.78, 5) is 21.4. The number of ether oxygens (including phenoxy) is 1. The van der Waals surface area contributed by atoms with Crippen LogP contribution in [0.4, 0.5) is 13.2 Å². The highest BCUT2D eigenvalue weighted by Gasteiger charge is 2.52. The van der Waals surface area contributed by atoms with Crippen LogP contribution in [0.15, 0.2) is 41.7 Å². The summed E-state index contributed by atoms with van der Waals surface area (Å²) in [5.74, 6) is -3.16. The van der Waals surface area contributed by atoms with Crippen molar-refractivity contribution in [1.29, 1.82) is 0 Å². The lowest BCUT2D eigenvalue weighted by molar-refractivity contribution is -0.147. The highest BCUT2D eigenvalue weighted by molar-refractivity contribution is 7.89. The average molecular weight is 645 g/mol. The molecule has 0 radical (unpaired) electrons. The van der Waals surface area contributed by atoms with Crippen LogP contribution in [0.1, 0.15) is 71.9 Å². The van der Waals surface area contributed by atoms with Gasteiger partial charge in [0.05, 0.1) is 12.0 Å². The van der Waals surface area contributed by atoms with Crippen molar-refractivity contribution in [2.75, 3.05) is 6.54 Å². The molecule has 1 unspecified atom stereocenters. The molecule has 45 heavy (non-hydrogen) atoms. The summed E-state index contributed by atoms with van der Waals surface area (Å²) in [7, 11) is -4.04. The number of hydrogen-bond donors (Lipinski definition) is 1. The largest absolute Gasteiger partial charge is 0.481 e. The Morgan fingerprint density at radius 3 is 2.47 bits per heavy atom. The molecule has 238 valence electrons. The molecule has 5 heterocycles. The maximum Gasteiger partial charge on any atom is 0.452 e. The predicted molar refractivity (Wildman–Crippen MR) is 154 cm³/mol. The number of carboxylic acids is 1. The summed E-state index contributed by atoms with van der Waals surface area (Å²) in [6, 6.07) is 4.70. The Hall–Kier alpha value is -4.11. The quantitative estimate of drug-likeness (QED) is 0.313. The van der Waals surface area contributed by atoms with Crippen LogP contribution in [0.2, 0.25) is 0 Å². The summed E-state index contributed by atoms with van der Waals surface area (Å²) < 4.78 is 76.8. The number of rotatable bonds is 6. The first-order chi connectivity index (χ1) is 20.9. The van der Waals surface area contributed by atoms with Gasteiger partial charge in [-0.05, 0) is 87.4 Å². The standard InChI is InChI=1S/C30H31F3N6O5S/c1-16-10-22-25(35-12-16)44-29(7-8-29)15-38(45(22,42)43)14-20-11-19(13-34-18(20)3)23(28(4,5)27(40)41)21-6-9-39-24(17(21)2)36-37-26(39)30(31,32)33/h6,9-13,23H,7-8,14-15H2,1-5H3,(H,40,41). The number of aromatic nitrogens is 5. The van der Waals surface area contributed by atoms with Crippen molar-refractivity contribution in [3.63, 3.8) is 0 Å². The number of carboxylic acid groups (broad SMARTS) is 1. The maximum atomic E-state index is 14.0. The smallest absolute Gasteiger partial charge is 0.452 e. The minimum absolute atomic E-state index is 0.0200. The van der Waals surface area contributed by atoms with E-state index in [-0.39, 0.29) is 29.5 Å². The predicted octanol–water partition coefficient (Wildman–Crippen LogP) is 4.82. The minimum atomic E-state index is -4.74. The first kappa shape index (κ1) is 30.9. The van der Waals surface area contributed by atoms with Crippen molar-refractivity contribution < 1.29 is 36.2 Å². The van der Waals surface area contributed by atoms with E-state index >= 15 is 0 Å². The molecule has 15 heteroatoms. The van der Waals surface area contributed by atoms with Gasteiger partial charge >= 0.3 is 12.1 Å². The van der Waals surface area contributed by atoms with Gasteiger partial charge in [-0.1, -0.05) is 6.07 Å². The van der Waals surface area contributed by atoms with Gasteiger partial charge in [-0.3, -0.25) is 14.2 Å². The fourth-order valence-corrected chi connectivity index (χ4v) is 7.57. The van der Waals surface area contributed by atoms with Crippen molar-refractivity contribution in [3.05, 3.63) is 76.1 Å². The number of fused-ring (bicyclic) bond motifs is 2. The Kier molecular flexibility index (Phi) is 7.01. The molecule has 0 amide bonds. The lowest BCUT2D eigenvalue weighted by Crippen LogP contribution is -2.38. The van der Waals surface area contributed by atoms with Crippen LogP contribution in [0, 0.1) is 26.2 Å². The third-order valence-corrected chi connectivity index (χ3v) is 10.5.